The molecule has 0 N–H and O–H groups in total. The lowest BCUT2D eigenvalue weighted by molar-refractivity contribution is 0.357. The van der Waals surface area contributed by atoms with Crippen molar-refractivity contribution in [3.8, 4) is 5.75 Å². The van der Waals surface area contributed by atoms with Gasteiger partial charge in [-0.05, 0) is 17.7 Å². The zero-order valence-electron chi connectivity index (χ0n) is 6.00. The summed E-state index contributed by atoms with van der Waals surface area (Å²) in [5.74, 6) is 0.942. The maximum Gasteiger partial charge on any atom is 0.187 e. The van der Waals surface area contributed by atoms with Crippen molar-refractivity contribution in [3.05, 3.63) is 35.2 Å². The first kappa shape index (κ1) is 6.23. The standard InChI is InChI=1S/C9H7NO/c1-10-8-2-3-9-7(6-8)4-5-11-9/h2-3,6H,4-5H2. The van der Waals surface area contributed by atoms with Crippen molar-refractivity contribution >= 4 is 5.69 Å². The fourth-order valence-electron chi connectivity index (χ4n) is 1.24. The molecule has 2 nitrogen and oxygen atoms in total. The minimum Gasteiger partial charge on any atom is -0.493 e. The smallest absolute Gasteiger partial charge is 0.187 e. The Morgan fingerprint density at radius 2 is 2.36 bits per heavy atom. The normalized spacial score (nSPS) is 13.4. The van der Waals surface area contributed by atoms with Gasteiger partial charge in [-0.1, -0.05) is 6.07 Å². The minimum absolute atomic E-state index is 0.703. The van der Waals surface area contributed by atoms with Gasteiger partial charge in [0, 0.05) is 6.42 Å². The van der Waals surface area contributed by atoms with Crippen LogP contribution in [0, 0.1) is 6.57 Å². The van der Waals surface area contributed by atoms with Crippen LogP contribution in [0.1, 0.15) is 5.56 Å². The molecule has 1 aliphatic heterocycles. The van der Waals surface area contributed by atoms with Crippen molar-refractivity contribution in [2.45, 2.75) is 6.42 Å². The van der Waals surface area contributed by atoms with Gasteiger partial charge in [0.25, 0.3) is 0 Å². The lowest BCUT2D eigenvalue weighted by Crippen LogP contribution is -1.85. The molecule has 0 fully saturated rings. The van der Waals surface area contributed by atoms with E-state index in [1.54, 1.807) is 6.07 Å². The van der Waals surface area contributed by atoms with Crippen molar-refractivity contribution in [3.63, 3.8) is 0 Å². The second kappa shape index (κ2) is 2.28. The summed E-state index contributed by atoms with van der Waals surface area (Å²) < 4.78 is 5.30. The Morgan fingerprint density at radius 3 is 3.18 bits per heavy atom. The van der Waals surface area contributed by atoms with Crippen molar-refractivity contribution in [1.82, 2.24) is 0 Å². The molecule has 11 heavy (non-hydrogen) atoms. The zero-order valence-corrected chi connectivity index (χ0v) is 6.00. The highest BCUT2D eigenvalue weighted by molar-refractivity contribution is 5.52. The maximum absolute atomic E-state index is 6.79. The van der Waals surface area contributed by atoms with E-state index in [2.05, 4.69) is 4.85 Å². The first-order valence-corrected chi connectivity index (χ1v) is 3.53. The van der Waals surface area contributed by atoms with Gasteiger partial charge >= 0.3 is 0 Å². The lowest BCUT2D eigenvalue weighted by Gasteiger charge is -1.96. The number of rotatable bonds is 0. The van der Waals surface area contributed by atoms with Crippen molar-refractivity contribution in [2.24, 2.45) is 0 Å². The van der Waals surface area contributed by atoms with Gasteiger partial charge in [-0.15, -0.1) is 0 Å². The second-order valence-electron chi connectivity index (χ2n) is 2.50. The molecule has 0 aliphatic carbocycles. The van der Waals surface area contributed by atoms with Gasteiger partial charge in [-0.3, -0.25) is 0 Å². The fraction of sp³-hybridized carbons (Fsp3) is 0.222. The van der Waals surface area contributed by atoms with Gasteiger partial charge in [0.15, 0.2) is 5.69 Å². The Labute approximate surface area is 65.2 Å². The highest BCUT2D eigenvalue weighted by atomic mass is 16.5. The van der Waals surface area contributed by atoms with Crippen LogP contribution in [0.25, 0.3) is 4.85 Å². The van der Waals surface area contributed by atoms with Crippen LogP contribution in [0.5, 0.6) is 5.75 Å². The topological polar surface area (TPSA) is 13.6 Å². The molecule has 1 heterocycles. The molecule has 1 aromatic rings. The molecule has 2 rings (SSSR count). The summed E-state index contributed by atoms with van der Waals surface area (Å²) in [6, 6.07) is 5.56. The first-order chi connectivity index (χ1) is 5.40. The van der Waals surface area contributed by atoms with E-state index >= 15 is 0 Å². The molecular formula is C9H7NO. The van der Waals surface area contributed by atoms with Gasteiger partial charge in [-0.2, -0.15) is 0 Å². The van der Waals surface area contributed by atoms with Crippen molar-refractivity contribution < 1.29 is 4.74 Å². The molecule has 0 atom stereocenters. The predicted octanol–water partition coefficient (Wildman–Crippen LogP) is 2.17. The van der Waals surface area contributed by atoms with E-state index in [0.717, 1.165) is 18.8 Å². The summed E-state index contributed by atoms with van der Waals surface area (Å²) in [6.45, 7) is 7.55. The summed E-state index contributed by atoms with van der Waals surface area (Å²) in [5.41, 5.74) is 1.87. The molecule has 0 aromatic heterocycles. The molecule has 0 unspecified atom stereocenters. The Bertz CT molecular complexity index is 325. The third-order valence-electron chi connectivity index (χ3n) is 1.80. The third kappa shape index (κ3) is 0.947. The van der Waals surface area contributed by atoms with Crippen molar-refractivity contribution in [1.29, 1.82) is 0 Å². The average Bonchev–Trinajstić information content (AvgIpc) is 2.50. The Hall–Kier alpha value is -1.49. The number of fused-ring (bicyclic) bond motifs is 1. The molecule has 0 amide bonds. The van der Waals surface area contributed by atoms with Crippen LogP contribution >= 0.6 is 0 Å². The van der Waals surface area contributed by atoms with Crippen LogP contribution in [0.15, 0.2) is 18.2 Å². The molecule has 0 radical (unpaired) electrons. The van der Waals surface area contributed by atoms with Crippen LogP contribution < -0.4 is 4.74 Å². The molecule has 0 spiro atoms. The van der Waals surface area contributed by atoms with E-state index in [-0.39, 0.29) is 0 Å². The number of hydrogen-bond donors (Lipinski definition) is 0. The van der Waals surface area contributed by atoms with Crippen molar-refractivity contribution in [2.75, 3.05) is 6.61 Å². The summed E-state index contributed by atoms with van der Waals surface area (Å²) in [4.78, 5) is 3.34. The highest BCUT2D eigenvalue weighted by Gasteiger charge is 2.10. The molecule has 54 valence electrons. The first-order valence-electron chi connectivity index (χ1n) is 3.53. The number of hydrogen-bond acceptors (Lipinski definition) is 1. The Morgan fingerprint density at radius 1 is 1.45 bits per heavy atom. The quantitative estimate of drug-likeness (QED) is 0.510. The molecule has 2 heteroatoms. The monoisotopic (exact) mass is 145 g/mol. The second-order valence-corrected chi connectivity index (χ2v) is 2.50. The fourth-order valence-corrected chi connectivity index (χ4v) is 1.24. The summed E-state index contributed by atoms with van der Waals surface area (Å²) in [6.07, 6.45) is 0.943. The lowest BCUT2D eigenvalue weighted by atomic mass is 10.1. The average molecular weight is 145 g/mol. The highest BCUT2D eigenvalue weighted by Crippen LogP contribution is 2.28. The van der Waals surface area contributed by atoms with E-state index in [1.165, 1.54) is 5.56 Å². The van der Waals surface area contributed by atoms with E-state index in [1.807, 2.05) is 12.1 Å². The van der Waals surface area contributed by atoms with Crippen LogP contribution in [-0.2, 0) is 6.42 Å². The molecule has 1 aromatic carbocycles. The van der Waals surface area contributed by atoms with E-state index in [0.29, 0.717) is 5.69 Å². The Kier molecular flexibility index (Phi) is 1.29. The molecular weight excluding hydrogens is 138 g/mol. The van der Waals surface area contributed by atoms with Gasteiger partial charge in [-0.25, -0.2) is 4.85 Å². The number of nitrogens with zero attached hydrogens (tertiary/aromatic N) is 1. The molecule has 0 bridgehead atoms. The minimum atomic E-state index is 0.703. The van der Waals surface area contributed by atoms with Gasteiger partial charge in [0.2, 0.25) is 0 Å². The van der Waals surface area contributed by atoms with E-state index in [4.69, 9.17) is 11.3 Å². The Balaban J connectivity index is 2.51. The number of benzene rings is 1. The maximum atomic E-state index is 6.79. The zero-order chi connectivity index (χ0) is 7.68. The van der Waals surface area contributed by atoms with Gasteiger partial charge < -0.3 is 4.74 Å². The van der Waals surface area contributed by atoms with Gasteiger partial charge in [0.05, 0.1) is 13.2 Å². The third-order valence-corrected chi connectivity index (χ3v) is 1.80. The van der Waals surface area contributed by atoms with E-state index in [9.17, 15) is 0 Å². The summed E-state index contributed by atoms with van der Waals surface area (Å²) >= 11 is 0. The predicted molar refractivity (Wildman–Crippen MR) is 41.9 cm³/mol. The van der Waals surface area contributed by atoms with Crippen LogP contribution in [0.2, 0.25) is 0 Å². The van der Waals surface area contributed by atoms with Crippen LogP contribution in [-0.4, -0.2) is 6.61 Å². The number of ether oxygens (including phenoxy) is 1. The SMILES string of the molecule is [C-]#[N+]c1ccc2c(c1)CCO2. The van der Waals surface area contributed by atoms with Crippen LogP contribution in [0.4, 0.5) is 5.69 Å². The van der Waals surface area contributed by atoms with Crippen LogP contribution in [0.3, 0.4) is 0 Å². The molecule has 1 aliphatic rings. The summed E-state index contributed by atoms with van der Waals surface area (Å²) in [5, 5.41) is 0. The molecule has 0 saturated carbocycles. The molecule has 0 saturated heterocycles. The van der Waals surface area contributed by atoms with E-state index < -0.39 is 0 Å². The summed E-state index contributed by atoms with van der Waals surface area (Å²) in [7, 11) is 0. The largest absolute Gasteiger partial charge is 0.493 e. The van der Waals surface area contributed by atoms with Gasteiger partial charge in [0.1, 0.15) is 5.75 Å².